The zero-order chi connectivity index (χ0) is 24.6. The number of nitrogens with one attached hydrogen (secondary N) is 3. The second-order valence-corrected chi connectivity index (χ2v) is 11.1. The zero-order valence-electron chi connectivity index (χ0n) is 20.4. The van der Waals surface area contributed by atoms with Crippen LogP contribution in [0.15, 0.2) is 36.7 Å². The quantitative estimate of drug-likeness (QED) is 0.378. The average Bonchev–Trinajstić information content (AvgIpc) is 3.34. The Bertz CT molecular complexity index is 1230. The van der Waals surface area contributed by atoms with Crippen LogP contribution in [0, 0.1) is 11.8 Å². The summed E-state index contributed by atoms with van der Waals surface area (Å²) in [6.45, 7) is 3.29. The third-order valence-electron chi connectivity index (χ3n) is 8.45. The Balaban J connectivity index is 1.05. The van der Waals surface area contributed by atoms with Gasteiger partial charge in [-0.1, -0.05) is 11.6 Å². The van der Waals surface area contributed by atoms with E-state index in [4.69, 9.17) is 17.3 Å². The fourth-order valence-corrected chi connectivity index (χ4v) is 6.63. The molecule has 1 aliphatic carbocycles. The predicted molar refractivity (Wildman–Crippen MR) is 143 cm³/mol. The maximum Gasteiger partial charge on any atom is 0.237 e. The molecule has 1 amide bonds. The third-order valence-corrected chi connectivity index (χ3v) is 8.65. The molecule has 2 atom stereocenters. The number of fused-ring (bicyclic) bond motifs is 4. The van der Waals surface area contributed by atoms with Crippen molar-refractivity contribution < 1.29 is 4.79 Å². The summed E-state index contributed by atoms with van der Waals surface area (Å²) < 4.78 is 0. The van der Waals surface area contributed by atoms with Crippen LogP contribution in [0.1, 0.15) is 38.5 Å². The van der Waals surface area contributed by atoms with Crippen LogP contribution in [0.2, 0.25) is 5.15 Å². The molecule has 3 saturated heterocycles. The van der Waals surface area contributed by atoms with Crippen LogP contribution in [0.4, 0.5) is 5.82 Å². The van der Waals surface area contributed by atoms with Crippen molar-refractivity contribution in [1.82, 2.24) is 25.2 Å². The van der Waals surface area contributed by atoms with E-state index in [9.17, 15) is 4.79 Å². The highest BCUT2D eigenvalue weighted by Crippen LogP contribution is 2.34. The lowest BCUT2D eigenvalue weighted by molar-refractivity contribution is -0.126. The van der Waals surface area contributed by atoms with E-state index in [1.807, 2.05) is 30.5 Å². The van der Waals surface area contributed by atoms with E-state index in [2.05, 4.69) is 30.5 Å². The van der Waals surface area contributed by atoms with Crippen LogP contribution in [0.5, 0.6) is 0 Å². The highest BCUT2D eigenvalue weighted by atomic mass is 35.5. The number of nitrogens with two attached hydrogens (primary N) is 1. The van der Waals surface area contributed by atoms with Gasteiger partial charge in [-0.2, -0.15) is 0 Å². The predicted octanol–water partition coefficient (Wildman–Crippen LogP) is 3.79. The number of hydrogen-bond acceptors (Lipinski definition) is 6. The summed E-state index contributed by atoms with van der Waals surface area (Å²) in [5, 5.41) is 8.34. The van der Waals surface area contributed by atoms with Gasteiger partial charge in [0.2, 0.25) is 5.91 Å². The summed E-state index contributed by atoms with van der Waals surface area (Å²) in [5.41, 5.74) is 9.35. The number of carbonyl (C=O) groups excluding carboxylic acids is 1. The van der Waals surface area contributed by atoms with E-state index in [1.54, 1.807) is 6.20 Å². The third kappa shape index (κ3) is 4.82. The number of aromatic amines is 1. The molecule has 0 radical (unpaired) electrons. The van der Waals surface area contributed by atoms with Gasteiger partial charge in [-0.15, -0.1) is 0 Å². The highest BCUT2D eigenvalue weighted by Gasteiger charge is 2.40. The van der Waals surface area contributed by atoms with Crippen molar-refractivity contribution in [3.63, 3.8) is 0 Å². The molecule has 3 aromatic heterocycles. The molecule has 4 fully saturated rings. The molecule has 3 aromatic rings. The summed E-state index contributed by atoms with van der Waals surface area (Å²) in [6.07, 6.45) is 9.87. The molecule has 6 heterocycles. The van der Waals surface area contributed by atoms with Crippen molar-refractivity contribution in [1.29, 1.82) is 0 Å². The standard InChI is InChI=1S/C27H34ClN7O/c28-23-12-17(21-14-31-26-20(21)2-1-9-30-26)13-24(34-23)32-18-3-5-19(6-4-18)33-27(36)25(29)22-15-35-10-7-16(22)8-11-35/h1-2,9,12-14,16,18-19,22,25H,3-8,10-11,15,29H2,(H,30,31)(H,32,34)(H,33,36). The molecule has 7 rings (SSSR count). The van der Waals surface area contributed by atoms with Gasteiger partial charge in [0.05, 0.1) is 6.04 Å². The lowest BCUT2D eigenvalue weighted by atomic mass is 9.75. The minimum absolute atomic E-state index is 0.0273. The number of anilines is 1. The molecule has 36 heavy (non-hydrogen) atoms. The average molecular weight is 508 g/mol. The molecule has 9 heteroatoms. The SMILES string of the molecule is NC(C(=O)NC1CCC(Nc2cc(-c3c[nH]c4ncccc34)cc(Cl)n2)CC1)C1CN2CCC1CC2. The Morgan fingerprint density at radius 1 is 1.14 bits per heavy atom. The second-order valence-electron chi connectivity index (χ2n) is 10.7. The molecule has 8 nitrogen and oxygen atoms in total. The largest absolute Gasteiger partial charge is 0.367 e. The van der Waals surface area contributed by atoms with Crippen LogP contribution in [0.3, 0.4) is 0 Å². The first-order chi connectivity index (χ1) is 17.5. The first-order valence-electron chi connectivity index (χ1n) is 13.2. The van der Waals surface area contributed by atoms with E-state index in [0.29, 0.717) is 17.0 Å². The van der Waals surface area contributed by atoms with Gasteiger partial charge in [0.15, 0.2) is 0 Å². The molecular weight excluding hydrogens is 474 g/mol. The van der Waals surface area contributed by atoms with E-state index < -0.39 is 6.04 Å². The van der Waals surface area contributed by atoms with Gasteiger partial charge in [0.25, 0.3) is 0 Å². The molecular formula is C27H34ClN7O. The van der Waals surface area contributed by atoms with E-state index in [-0.39, 0.29) is 18.0 Å². The number of nitrogens with zero attached hydrogens (tertiary/aromatic N) is 3. The second kappa shape index (κ2) is 10.00. The number of hydrogen-bond donors (Lipinski definition) is 4. The lowest BCUT2D eigenvalue weighted by Crippen LogP contribution is -2.58. The van der Waals surface area contributed by atoms with Crippen molar-refractivity contribution in [2.45, 2.75) is 56.7 Å². The summed E-state index contributed by atoms with van der Waals surface area (Å²) in [5.74, 6) is 1.69. The number of rotatable bonds is 6. The molecule has 0 spiro atoms. The first kappa shape index (κ1) is 23.7. The molecule has 4 aliphatic rings. The van der Waals surface area contributed by atoms with Crippen molar-refractivity contribution in [3.05, 3.63) is 41.8 Å². The Hall–Kier alpha value is -2.68. The molecule has 3 aliphatic heterocycles. The van der Waals surface area contributed by atoms with Gasteiger partial charge in [-0.3, -0.25) is 4.79 Å². The van der Waals surface area contributed by atoms with Crippen LogP contribution in [0.25, 0.3) is 22.2 Å². The Labute approximate surface area is 216 Å². The molecule has 190 valence electrons. The molecule has 2 bridgehead atoms. The number of pyridine rings is 2. The lowest BCUT2D eigenvalue weighted by Gasteiger charge is -2.46. The highest BCUT2D eigenvalue weighted by molar-refractivity contribution is 6.29. The van der Waals surface area contributed by atoms with Crippen molar-refractivity contribution in [2.75, 3.05) is 25.0 Å². The van der Waals surface area contributed by atoms with Crippen molar-refractivity contribution in [3.8, 4) is 11.1 Å². The Kier molecular flexibility index (Phi) is 6.58. The number of aromatic nitrogens is 3. The van der Waals surface area contributed by atoms with Gasteiger partial charge in [-0.05, 0) is 93.3 Å². The molecule has 5 N–H and O–H groups in total. The van der Waals surface area contributed by atoms with Crippen LogP contribution >= 0.6 is 11.6 Å². The Morgan fingerprint density at radius 3 is 2.67 bits per heavy atom. The van der Waals surface area contributed by atoms with E-state index in [1.165, 1.54) is 12.8 Å². The van der Waals surface area contributed by atoms with Crippen LogP contribution in [-0.2, 0) is 4.79 Å². The minimum atomic E-state index is -0.400. The molecule has 1 saturated carbocycles. The van der Waals surface area contributed by atoms with Gasteiger partial charge in [0, 0.05) is 42.0 Å². The number of amides is 1. The van der Waals surface area contributed by atoms with Crippen molar-refractivity contribution in [2.24, 2.45) is 17.6 Å². The summed E-state index contributed by atoms with van der Waals surface area (Å²) in [6, 6.07) is 7.98. The number of H-pyrrole nitrogens is 1. The molecule has 0 aromatic carbocycles. The number of halogens is 1. The van der Waals surface area contributed by atoms with Gasteiger partial charge >= 0.3 is 0 Å². The summed E-state index contributed by atoms with van der Waals surface area (Å²) >= 11 is 6.39. The topological polar surface area (TPSA) is 112 Å². The monoisotopic (exact) mass is 507 g/mol. The summed E-state index contributed by atoms with van der Waals surface area (Å²) in [7, 11) is 0. The maximum absolute atomic E-state index is 12.9. The first-order valence-corrected chi connectivity index (χ1v) is 13.6. The van der Waals surface area contributed by atoms with Crippen LogP contribution < -0.4 is 16.4 Å². The Morgan fingerprint density at radius 2 is 1.92 bits per heavy atom. The van der Waals surface area contributed by atoms with Gasteiger partial charge < -0.3 is 26.3 Å². The normalized spacial score (nSPS) is 28.7. The maximum atomic E-state index is 12.9. The van der Waals surface area contributed by atoms with E-state index >= 15 is 0 Å². The fourth-order valence-electron chi connectivity index (χ4n) is 6.42. The smallest absolute Gasteiger partial charge is 0.237 e. The van der Waals surface area contributed by atoms with Crippen LogP contribution in [-0.4, -0.2) is 63.5 Å². The number of carbonyl (C=O) groups is 1. The van der Waals surface area contributed by atoms with Gasteiger partial charge in [-0.25, -0.2) is 9.97 Å². The van der Waals surface area contributed by atoms with Crippen molar-refractivity contribution >= 4 is 34.4 Å². The molecule has 2 unspecified atom stereocenters. The summed E-state index contributed by atoms with van der Waals surface area (Å²) in [4.78, 5) is 27.5. The van der Waals surface area contributed by atoms with Gasteiger partial charge in [0.1, 0.15) is 16.6 Å². The minimum Gasteiger partial charge on any atom is -0.367 e. The zero-order valence-corrected chi connectivity index (χ0v) is 21.2. The fraction of sp³-hybridized carbons (Fsp3) is 0.519. The van der Waals surface area contributed by atoms with E-state index in [0.717, 1.165) is 73.3 Å². The number of piperidine rings is 3.